The van der Waals surface area contributed by atoms with Crippen LogP contribution in [0.5, 0.6) is 5.75 Å². The largest absolute Gasteiger partial charge is 0.484 e. The van der Waals surface area contributed by atoms with Gasteiger partial charge in [0.25, 0.3) is 5.91 Å². The maximum atomic E-state index is 12.6. The molecule has 1 heterocycles. The van der Waals surface area contributed by atoms with Crippen LogP contribution in [0, 0.1) is 12.8 Å². The second kappa shape index (κ2) is 11.4. The Bertz CT molecular complexity index is 848. The number of nitrogens with one attached hydrogen (secondary N) is 1. The lowest BCUT2D eigenvalue weighted by molar-refractivity contribution is -0.137. The Morgan fingerprint density at radius 1 is 1.06 bits per heavy atom. The van der Waals surface area contributed by atoms with E-state index in [1.807, 2.05) is 42.5 Å². The first-order valence-electron chi connectivity index (χ1n) is 11.1. The van der Waals surface area contributed by atoms with Crippen molar-refractivity contribution in [3.8, 4) is 5.75 Å². The smallest absolute Gasteiger partial charge is 0.260 e. The molecule has 0 spiro atoms. The van der Waals surface area contributed by atoms with Crippen LogP contribution in [0.25, 0.3) is 0 Å². The number of ether oxygens (including phenoxy) is 1. The van der Waals surface area contributed by atoms with E-state index < -0.39 is 0 Å². The molecule has 3 rings (SSSR count). The predicted octanol–water partition coefficient (Wildman–Crippen LogP) is 3.26. The van der Waals surface area contributed by atoms with E-state index in [2.05, 4.69) is 36.2 Å². The van der Waals surface area contributed by atoms with Gasteiger partial charge in [-0.2, -0.15) is 0 Å². The van der Waals surface area contributed by atoms with Crippen LogP contribution < -0.4 is 15.0 Å². The third-order valence-corrected chi connectivity index (χ3v) is 5.84. The number of carbonyl (C=O) groups is 2. The molecule has 1 aliphatic rings. The number of benzene rings is 2. The SMILES string of the molecule is CCN(CCNC(=O)C1CCN(C(=O)COc2ccccc2)CC1)c1ccccc1C. The molecule has 0 bridgehead atoms. The molecule has 1 fully saturated rings. The molecule has 31 heavy (non-hydrogen) atoms. The Hall–Kier alpha value is -3.02. The standard InChI is InChI=1S/C25H33N3O3/c1-3-27(23-12-8-7-9-20(23)2)18-15-26-25(30)21-13-16-28(17-14-21)24(29)19-31-22-10-5-4-6-11-22/h4-12,21H,3,13-19H2,1-2H3,(H,26,30). The molecule has 0 unspecified atom stereocenters. The number of anilines is 1. The molecule has 2 aromatic rings. The van der Waals surface area contributed by atoms with Crippen molar-refractivity contribution in [2.45, 2.75) is 26.7 Å². The quantitative estimate of drug-likeness (QED) is 0.673. The van der Waals surface area contributed by atoms with E-state index in [9.17, 15) is 9.59 Å². The molecule has 0 atom stereocenters. The van der Waals surface area contributed by atoms with Crippen LogP contribution in [0.2, 0.25) is 0 Å². The minimum atomic E-state index is -0.0346. The molecule has 6 heteroatoms. The molecule has 2 amide bonds. The second-order valence-electron chi connectivity index (χ2n) is 7.91. The number of aryl methyl sites for hydroxylation is 1. The summed E-state index contributed by atoms with van der Waals surface area (Å²) < 4.78 is 5.55. The molecule has 0 saturated carbocycles. The molecule has 2 aromatic carbocycles. The van der Waals surface area contributed by atoms with Crippen molar-refractivity contribution in [2.75, 3.05) is 44.2 Å². The van der Waals surface area contributed by atoms with Crippen molar-refractivity contribution in [1.29, 1.82) is 0 Å². The summed E-state index contributed by atoms with van der Waals surface area (Å²) >= 11 is 0. The summed E-state index contributed by atoms with van der Waals surface area (Å²) in [5.41, 5.74) is 2.45. The summed E-state index contributed by atoms with van der Waals surface area (Å²) in [5.74, 6) is 0.720. The molecular weight excluding hydrogens is 390 g/mol. The van der Waals surface area contributed by atoms with Gasteiger partial charge in [-0.1, -0.05) is 36.4 Å². The number of amides is 2. The Kier molecular flexibility index (Phi) is 8.33. The summed E-state index contributed by atoms with van der Waals surface area (Å²) in [6.07, 6.45) is 1.39. The van der Waals surface area contributed by atoms with Gasteiger partial charge in [0, 0.05) is 44.3 Å². The number of piperidine rings is 1. The number of likely N-dealkylation sites (N-methyl/N-ethyl adjacent to an activating group) is 1. The van der Waals surface area contributed by atoms with Crippen molar-refractivity contribution < 1.29 is 14.3 Å². The van der Waals surface area contributed by atoms with Crippen molar-refractivity contribution >= 4 is 17.5 Å². The Morgan fingerprint density at radius 3 is 2.42 bits per heavy atom. The van der Waals surface area contributed by atoms with Gasteiger partial charge in [0.2, 0.25) is 5.91 Å². The highest BCUT2D eigenvalue weighted by atomic mass is 16.5. The zero-order valence-electron chi connectivity index (χ0n) is 18.5. The summed E-state index contributed by atoms with van der Waals surface area (Å²) in [5, 5.41) is 3.09. The third kappa shape index (κ3) is 6.48. The van der Waals surface area contributed by atoms with E-state index in [0.717, 1.165) is 13.1 Å². The van der Waals surface area contributed by atoms with E-state index in [1.54, 1.807) is 4.90 Å². The van der Waals surface area contributed by atoms with E-state index in [1.165, 1.54) is 11.3 Å². The number of carbonyl (C=O) groups excluding carboxylic acids is 2. The van der Waals surface area contributed by atoms with E-state index in [0.29, 0.717) is 38.2 Å². The first-order chi connectivity index (χ1) is 15.1. The Morgan fingerprint density at radius 2 is 1.74 bits per heavy atom. The van der Waals surface area contributed by atoms with Crippen LogP contribution >= 0.6 is 0 Å². The first kappa shape index (κ1) is 22.7. The van der Waals surface area contributed by atoms with Gasteiger partial charge in [-0.05, 0) is 50.5 Å². The highest BCUT2D eigenvalue weighted by Crippen LogP contribution is 2.20. The van der Waals surface area contributed by atoms with Gasteiger partial charge in [-0.25, -0.2) is 0 Å². The van der Waals surface area contributed by atoms with E-state index in [4.69, 9.17) is 4.74 Å². The zero-order chi connectivity index (χ0) is 22.1. The predicted molar refractivity (Wildman–Crippen MR) is 123 cm³/mol. The van der Waals surface area contributed by atoms with Gasteiger partial charge in [0.15, 0.2) is 6.61 Å². The molecule has 1 saturated heterocycles. The zero-order valence-corrected chi connectivity index (χ0v) is 18.5. The summed E-state index contributed by atoms with van der Waals surface area (Å²) in [6, 6.07) is 17.7. The second-order valence-corrected chi connectivity index (χ2v) is 7.91. The van der Waals surface area contributed by atoms with Crippen LogP contribution in [-0.2, 0) is 9.59 Å². The van der Waals surface area contributed by atoms with Crippen LogP contribution in [0.4, 0.5) is 5.69 Å². The van der Waals surface area contributed by atoms with Crippen LogP contribution in [-0.4, -0.2) is 56.0 Å². The molecular formula is C25H33N3O3. The number of hydrogen-bond acceptors (Lipinski definition) is 4. The lowest BCUT2D eigenvalue weighted by atomic mass is 9.96. The summed E-state index contributed by atoms with van der Waals surface area (Å²) in [7, 11) is 0. The minimum absolute atomic E-state index is 0.0282. The molecule has 1 aliphatic heterocycles. The molecule has 0 aromatic heterocycles. The average molecular weight is 424 g/mol. The maximum Gasteiger partial charge on any atom is 0.260 e. The van der Waals surface area contributed by atoms with Gasteiger partial charge in [0.1, 0.15) is 5.75 Å². The van der Waals surface area contributed by atoms with Gasteiger partial charge in [-0.3, -0.25) is 9.59 Å². The highest BCUT2D eigenvalue weighted by Gasteiger charge is 2.27. The Labute approximate surface area is 185 Å². The Balaban J connectivity index is 1.38. The van der Waals surface area contributed by atoms with E-state index >= 15 is 0 Å². The fourth-order valence-electron chi connectivity index (χ4n) is 3.97. The average Bonchev–Trinajstić information content (AvgIpc) is 2.81. The van der Waals surface area contributed by atoms with Gasteiger partial charge in [-0.15, -0.1) is 0 Å². The van der Waals surface area contributed by atoms with Crippen molar-refractivity contribution in [3.05, 3.63) is 60.2 Å². The van der Waals surface area contributed by atoms with Crippen LogP contribution in [0.15, 0.2) is 54.6 Å². The van der Waals surface area contributed by atoms with E-state index in [-0.39, 0.29) is 24.3 Å². The van der Waals surface area contributed by atoms with Gasteiger partial charge in [0.05, 0.1) is 0 Å². The monoisotopic (exact) mass is 423 g/mol. The topological polar surface area (TPSA) is 61.9 Å². The molecule has 0 aliphatic carbocycles. The highest BCUT2D eigenvalue weighted by molar-refractivity contribution is 5.80. The first-order valence-corrected chi connectivity index (χ1v) is 11.1. The van der Waals surface area contributed by atoms with Crippen LogP contribution in [0.3, 0.4) is 0 Å². The fourth-order valence-corrected chi connectivity index (χ4v) is 3.97. The number of para-hydroxylation sites is 2. The van der Waals surface area contributed by atoms with Crippen molar-refractivity contribution in [1.82, 2.24) is 10.2 Å². The molecule has 1 N–H and O–H groups in total. The summed E-state index contributed by atoms with van der Waals surface area (Å²) in [6.45, 7) is 7.75. The summed E-state index contributed by atoms with van der Waals surface area (Å²) in [4.78, 5) is 29.1. The van der Waals surface area contributed by atoms with Crippen molar-refractivity contribution in [3.63, 3.8) is 0 Å². The van der Waals surface area contributed by atoms with Crippen LogP contribution in [0.1, 0.15) is 25.3 Å². The number of rotatable bonds is 9. The molecule has 166 valence electrons. The third-order valence-electron chi connectivity index (χ3n) is 5.84. The molecule has 6 nitrogen and oxygen atoms in total. The normalized spacial score (nSPS) is 14.2. The van der Waals surface area contributed by atoms with Gasteiger partial charge >= 0.3 is 0 Å². The van der Waals surface area contributed by atoms with Gasteiger partial charge < -0.3 is 19.9 Å². The molecule has 0 radical (unpaired) electrons. The minimum Gasteiger partial charge on any atom is -0.484 e. The maximum absolute atomic E-state index is 12.6. The number of likely N-dealkylation sites (tertiary alicyclic amines) is 1. The number of hydrogen-bond donors (Lipinski definition) is 1. The lowest BCUT2D eigenvalue weighted by Gasteiger charge is -2.31. The fraction of sp³-hybridized carbons (Fsp3) is 0.440. The lowest BCUT2D eigenvalue weighted by Crippen LogP contribution is -2.45. The van der Waals surface area contributed by atoms with Crippen molar-refractivity contribution in [2.24, 2.45) is 5.92 Å². The number of nitrogens with zero attached hydrogens (tertiary/aromatic N) is 2.